The van der Waals surface area contributed by atoms with E-state index in [1.165, 1.54) is 17.8 Å². The number of pyridine rings is 1. The van der Waals surface area contributed by atoms with E-state index in [2.05, 4.69) is 15.3 Å². The highest BCUT2D eigenvalue weighted by Gasteiger charge is 2.10. The molecule has 8 heteroatoms. The van der Waals surface area contributed by atoms with Crippen LogP contribution in [0.2, 0.25) is 0 Å². The van der Waals surface area contributed by atoms with Crippen LogP contribution in [0.1, 0.15) is 28.2 Å². The summed E-state index contributed by atoms with van der Waals surface area (Å²) in [7, 11) is 0. The molecule has 2 aromatic carbocycles. The summed E-state index contributed by atoms with van der Waals surface area (Å²) in [6, 6.07) is 17.8. The smallest absolute Gasteiger partial charge is 0.248 e. The number of nitrogens with zero attached hydrogens (tertiary/aromatic N) is 2. The monoisotopic (exact) mass is 442 g/mol. The first kappa shape index (κ1) is 21.8. The SMILES string of the molecule is Cc1ccc(-c2cnc(CCC(=O)Nc3ccc(Oc4cccc(C(N)=O)c4)nc3)o2)cc1. The molecule has 0 unspecified atom stereocenters. The van der Waals surface area contributed by atoms with Gasteiger partial charge in [0.1, 0.15) is 5.75 Å². The fraction of sp³-hybridized carbons (Fsp3) is 0.120. The van der Waals surface area contributed by atoms with Crippen molar-refractivity contribution in [2.45, 2.75) is 19.8 Å². The van der Waals surface area contributed by atoms with Crippen molar-refractivity contribution in [2.75, 3.05) is 5.32 Å². The van der Waals surface area contributed by atoms with Crippen LogP contribution in [0.5, 0.6) is 11.6 Å². The molecule has 0 atom stereocenters. The first-order chi connectivity index (χ1) is 16.0. The van der Waals surface area contributed by atoms with Crippen molar-refractivity contribution in [1.82, 2.24) is 9.97 Å². The van der Waals surface area contributed by atoms with E-state index in [4.69, 9.17) is 14.9 Å². The van der Waals surface area contributed by atoms with E-state index in [9.17, 15) is 9.59 Å². The molecule has 166 valence electrons. The number of rotatable bonds is 8. The number of carbonyl (C=O) groups is 2. The zero-order valence-electron chi connectivity index (χ0n) is 17.9. The van der Waals surface area contributed by atoms with Gasteiger partial charge >= 0.3 is 0 Å². The molecular weight excluding hydrogens is 420 g/mol. The number of amides is 2. The second-order valence-corrected chi connectivity index (χ2v) is 7.41. The number of hydrogen-bond donors (Lipinski definition) is 2. The Labute approximate surface area is 190 Å². The zero-order valence-corrected chi connectivity index (χ0v) is 17.9. The Hall–Kier alpha value is -4.46. The van der Waals surface area contributed by atoms with Crippen LogP contribution in [0, 0.1) is 6.92 Å². The highest BCUT2D eigenvalue weighted by atomic mass is 16.5. The second kappa shape index (κ2) is 9.78. The van der Waals surface area contributed by atoms with Crippen LogP contribution < -0.4 is 15.8 Å². The lowest BCUT2D eigenvalue weighted by Gasteiger charge is -2.07. The molecular formula is C25H22N4O4. The number of nitrogens with one attached hydrogen (secondary N) is 1. The molecule has 2 amide bonds. The lowest BCUT2D eigenvalue weighted by atomic mass is 10.1. The Morgan fingerprint density at radius 1 is 1.03 bits per heavy atom. The fourth-order valence-electron chi connectivity index (χ4n) is 3.07. The Kier molecular flexibility index (Phi) is 6.45. The highest BCUT2D eigenvalue weighted by molar-refractivity contribution is 5.93. The van der Waals surface area contributed by atoms with E-state index >= 15 is 0 Å². The van der Waals surface area contributed by atoms with Crippen molar-refractivity contribution in [3.8, 4) is 23.0 Å². The number of anilines is 1. The summed E-state index contributed by atoms with van der Waals surface area (Å²) in [5.41, 5.74) is 8.26. The number of carbonyl (C=O) groups excluding carboxylic acids is 2. The molecule has 0 saturated heterocycles. The molecule has 4 rings (SSSR count). The van der Waals surface area contributed by atoms with Crippen LogP contribution >= 0.6 is 0 Å². The van der Waals surface area contributed by atoms with Gasteiger partial charge in [-0.05, 0) is 31.2 Å². The van der Waals surface area contributed by atoms with Crippen LogP contribution in [0.15, 0.2) is 77.5 Å². The third-order valence-electron chi connectivity index (χ3n) is 4.82. The van der Waals surface area contributed by atoms with Crippen molar-refractivity contribution >= 4 is 17.5 Å². The van der Waals surface area contributed by atoms with Gasteiger partial charge < -0.3 is 20.2 Å². The number of aromatic nitrogens is 2. The summed E-state index contributed by atoms with van der Waals surface area (Å²) in [6.45, 7) is 2.02. The number of primary amides is 1. The van der Waals surface area contributed by atoms with Crippen molar-refractivity contribution < 1.29 is 18.7 Å². The topological polar surface area (TPSA) is 120 Å². The predicted molar refractivity (Wildman–Crippen MR) is 123 cm³/mol. The molecule has 0 saturated carbocycles. The Morgan fingerprint density at radius 3 is 2.58 bits per heavy atom. The van der Waals surface area contributed by atoms with Crippen LogP contribution in [-0.4, -0.2) is 21.8 Å². The van der Waals surface area contributed by atoms with E-state index < -0.39 is 5.91 Å². The van der Waals surface area contributed by atoms with E-state index in [1.807, 2.05) is 31.2 Å². The van der Waals surface area contributed by atoms with Crippen LogP contribution in [-0.2, 0) is 11.2 Å². The molecule has 0 bridgehead atoms. The van der Waals surface area contributed by atoms with E-state index in [0.29, 0.717) is 41.0 Å². The molecule has 0 radical (unpaired) electrons. The van der Waals surface area contributed by atoms with Gasteiger partial charge in [-0.1, -0.05) is 35.9 Å². The van der Waals surface area contributed by atoms with E-state index in [-0.39, 0.29) is 12.3 Å². The van der Waals surface area contributed by atoms with Gasteiger partial charge in [-0.2, -0.15) is 0 Å². The molecule has 4 aromatic rings. The quantitative estimate of drug-likeness (QED) is 0.414. The summed E-state index contributed by atoms with van der Waals surface area (Å²) < 4.78 is 11.4. The van der Waals surface area contributed by atoms with Crippen LogP contribution in [0.4, 0.5) is 5.69 Å². The van der Waals surface area contributed by atoms with Gasteiger partial charge in [0.05, 0.1) is 18.1 Å². The summed E-state index contributed by atoms with van der Waals surface area (Å²) in [4.78, 5) is 32.0. The minimum atomic E-state index is -0.539. The minimum absolute atomic E-state index is 0.185. The molecule has 0 aliphatic rings. The van der Waals surface area contributed by atoms with Gasteiger partial charge in [0.2, 0.25) is 17.7 Å². The van der Waals surface area contributed by atoms with Crippen LogP contribution in [0.25, 0.3) is 11.3 Å². The second-order valence-electron chi connectivity index (χ2n) is 7.41. The molecule has 33 heavy (non-hydrogen) atoms. The van der Waals surface area contributed by atoms with Gasteiger partial charge in [-0.25, -0.2) is 9.97 Å². The summed E-state index contributed by atoms with van der Waals surface area (Å²) >= 11 is 0. The molecule has 0 spiro atoms. The normalized spacial score (nSPS) is 10.6. The first-order valence-corrected chi connectivity index (χ1v) is 10.3. The van der Waals surface area contributed by atoms with E-state index in [0.717, 1.165) is 5.56 Å². The first-order valence-electron chi connectivity index (χ1n) is 10.3. The van der Waals surface area contributed by atoms with Crippen LogP contribution in [0.3, 0.4) is 0 Å². The lowest BCUT2D eigenvalue weighted by molar-refractivity contribution is -0.116. The predicted octanol–water partition coefficient (Wildman–Crippen LogP) is 4.51. The number of ether oxygens (including phenoxy) is 1. The lowest BCUT2D eigenvalue weighted by Crippen LogP contribution is -2.12. The average Bonchev–Trinajstić information content (AvgIpc) is 3.29. The Morgan fingerprint density at radius 2 is 1.85 bits per heavy atom. The molecule has 3 N–H and O–H groups in total. The number of hydrogen-bond acceptors (Lipinski definition) is 6. The summed E-state index contributed by atoms with van der Waals surface area (Å²) in [5.74, 6) is 1.20. The Bertz CT molecular complexity index is 1260. The molecule has 0 fully saturated rings. The van der Waals surface area contributed by atoms with Crippen molar-refractivity contribution in [2.24, 2.45) is 5.73 Å². The van der Waals surface area contributed by atoms with Gasteiger partial charge in [0, 0.05) is 30.0 Å². The zero-order chi connectivity index (χ0) is 23.2. The maximum Gasteiger partial charge on any atom is 0.248 e. The van der Waals surface area contributed by atoms with Gasteiger partial charge in [-0.15, -0.1) is 0 Å². The van der Waals surface area contributed by atoms with E-state index in [1.54, 1.807) is 36.5 Å². The molecule has 2 heterocycles. The number of oxazole rings is 1. The third kappa shape index (κ3) is 5.82. The number of benzene rings is 2. The van der Waals surface area contributed by atoms with Crippen molar-refractivity contribution in [3.05, 3.63) is 90.1 Å². The van der Waals surface area contributed by atoms with Gasteiger partial charge in [0.25, 0.3) is 0 Å². The maximum absolute atomic E-state index is 12.3. The minimum Gasteiger partial charge on any atom is -0.441 e. The molecule has 0 aliphatic heterocycles. The van der Waals surface area contributed by atoms with Crippen molar-refractivity contribution in [3.63, 3.8) is 0 Å². The molecule has 8 nitrogen and oxygen atoms in total. The standard InChI is InChI=1S/C25H22N4O4/c1-16-5-7-17(8-6-16)21-15-28-24(33-21)12-10-22(30)29-19-9-11-23(27-14-19)32-20-4-2-3-18(13-20)25(26)31/h2-9,11,13-15H,10,12H2,1H3,(H2,26,31)(H,29,30). The third-order valence-corrected chi connectivity index (χ3v) is 4.82. The molecule has 0 aliphatic carbocycles. The van der Waals surface area contributed by atoms with Crippen molar-refractivity contribution in [1.29, 1.82) is 0 Å². The molecule has 2 aromatic heterocycles. The fourth-order valence-corrected chi connectivity index (χ4v) is 3.07. The maximum atomic E-state index is 12.3. The van der Waals surface area contributed by atoms with Gasteiger partial charge in [0.15, 0.2) is 11.7 Å². The average molecular weight is 442 g/mol. The summed E-state index contributed by atoms with van der Waals surface area (Å²) in [5, 5.41) is 2.78. The summed E-state index contributed by atoms with van der Waals surface area (Å²) in [6.07, 6.45) is 3.75. The highest BCUT2D eigenvalue weighted by Crippen LogP contribution is 2.23. The number of nitrogens with two attached hydrogens (primary N) is 1. The Balaban J connectivity index is 1.29. The van der Waals surface area contributed by atoms with Gasteiger partial charge in [-0.3, -0.25) is 9.59 Å². The number of aryl methyl sites for hydroxylation is 2. The largest absolute Gasteiger partial charge is 0.441 e.